The molecule has 0 saturated carbocycles. The molecule has 0 aliphatic carbocycles. The van der Waals surface area contributed by atoms with Crippen molar-refractivity contribution in [3.63, 3.8) is 0 Å². The number of amides is 1. The molecule has 0 bridgehead atoms. The monoisotopic (exact) mass is 249 g/mol. The second-order valence-corrected chi connectivity index (χ2v) is 3.86. The molecule has 0 aliphatic rings. The van der Waals surface area contributed by atoms with E-state index in [4.69, 9.17) is 11.6 Å². The number of H-pyrrole nitrogens is 1. The summed E-state index contributed by atoms with van der Waals surface area (Å²) >= 11 is 5.72. The van der Waals surface area contributed by atoms with Gasteiger partial charge in [0.2, 0.25) is 0 Å². The van der Waals surface area contributed by atoms with Crippen molar-refractivity contribution in [1.82, 2.24) is 15.3 Å². The van der Waals surface area contributed by atoms with Crippen molar-refractivity contribution in [2.24, 2.45) is 0 Å². The van der Waals surface area contributed by atoms with Gasteiger partial charge in [-0.1, -0.05) is 12.1 Å². The van der Waals surface area contributed by atoms with Crippen LogP contribution in [0.4, 0.5) is 0 Å². The zero-order valence-corrected chi connectivity index (χ0v) is 9.87. The van der Waals surface area contributed by atoms with Crippen molar-refractivity contribution < 1.29 is 4.79 Å². The lowest BCUT2D eigenvalue weighted by molar-refractivity contribution is 0.0950. The van der Waals surface area contributed by atoms with Gasteiger partial charge in [-0.05, 0) is 17.7 Å². The quantitative estimate of drug-likeness (QED) is 0.815. The molecule has 88 valence electrons. The smallest absolute Gasteiger partial charge is 0.251 e. The van der Waals surface area contributed by atoms with Crippen LogP contribution < -0.4 is 5.32 Å². The maximum Gasteiger partial charge on any atom is 0.251 e. The number of hydrogen-bond donors (Lipinski definition) is 2. The van der Waals surface area contributed by atoms with Crippen molar-refractivity contribution in [3.8, 4) is 0 Å². The Kier molecular flexibility index (Phi) is 3.77. The Morgan fingerprint density at radius 1 is 1.47 bits per heavy atom. The molecule has 2 N–H and O–H groups in total. The number of halogens is 1. The van der Waals surface area contributed by atoms with Crippen molar-refractivity contribution in [1.29, 1.82) is 0 Å². The predicted octanol–water partition coefficient (Wildman–Crippen LogP) is 2.08. The van der Waals surface area contributed by atoms with Crippen LogP contribution in [-0.4, -0.2) is 15.9 Å². The highest BCUT2D eigenvalue weighted by Gasteiger charge is 2.05. The summed E-state index contributed by atoms with van der Waals surface area (Å²) in [6, 6.07) is 7.26. The SMILES string of the molecule is O=C(NCc1cnc[nH]1)c1cccc(CCl)c1. The second-order valence-electron chi connectivity index (χ2n) is 3.59. The molecule has 17 heavy (non-hydrogen) atoms. The van der Waals surface area contributed by atoms with Crippen LogP contribution >= 0.6 is 11.6 Å². The van der Waals surface area contributed by atoms with E-state index in [0.717, 1.165) is 11.3 Å². The van der Waals surface area contributed by atoms with Gasteiger partial charge in [0.1, 0.15) is 0 Å². The molecule has 0 radical (unpaired) electrons. The second kappa shape index (κ2) is 5.50. The van der Waals surface area contributed by atoms with Crippen LogP contribution in [-0.2, 0) is 12.4 Å². The molecule has 1 heterocycles. The lowest BCUT2D eigenvalue weighted by Gasteiger charge is -2.04. The highest BCUT2D eigenvalue weighted by Crippen LogP contribution is 2.07. The van der Waals surface area contributed by atoms with Crippen molar-refractivity contribution in [3.05, 3.63) is 53.6 Å². The summed E-state index contributed by atoms with van der Waals surface area (Å²) in [7, 11) is 0. The van der Waals surface area contributed by atoms with E-state index in [0.29, 0.717) is 18.0 Å². The number of rotatable bonds is 4. The molecule has 4 nitrogen and oxygen atoms in total. The lowest BCUT2D eigenvalue weighted by atomic mass is 10.1. The van der Waals surface area contributed by atoms with Gasteiger partial charge in [0.05, 0.1) is 18.6 Å². The first-order valence-electron chi connectivity index (χ1n) is 5.20. The molecule has 0 saturated heterocycles. The molecule has 1 amide bonds. The molecule has 0 atom stereocenters. The maximum atomic E-state index is 11.8. The number of imidazole rings is 1. The first-order valence-corrected chi connectivity index (χ1v) is 5.73. The minimum Gasteiger partial charge on any atom is -0.347 e. The van der Waals surface area contributed by atoms with Gasteiger partial charge in [-0.2, -0.15) is 0 Å². The predicted molar refractivity (Wildman–Crippen MR) is 65.8 cm³/mol. The number of aromatic nitrogens is 2. The minimum atomic E-state index is -0.119. The van der Waals surface area contributed by atoms with Gasteiger partial charge < -0.3 is 10.3 Å². The Labute approximate surface area is 104 Å². The van der Waals surface area contributed by atoms with E-state index in [2.05, 4.69) is 15.3 Å². The van der Waals surface area contributed by atoms with E-state index in [9.17, 15) is 4.79 Å². The van der Waals surface area contributed by atoms with E-state index in [1.807, 2.05) is 12.1 Å². The van der Waals surface area contributed by atoms with Gasteiger partial charge in [-0.25, -0.2) is 4.98 Å². The average Bonchev–Trinajstić information content (AvgIpc) is 2.89. The third kappa shape index (κ3) is 3.07. The third-order valence-electron chi connectivity index (χ3n) is 2.34. The van der Waals surface area contributed by atoms with Crippen molar-refractivity contribution in [2.75, 3.05) is 0 Å². The Morgan fingerprint density at radius 3 is 3.06 bits per heavy atom. The van der Waals surface area contributed by atoms with E-state index < -0.39 is 0 Å². The minimum absolute atomic E-state index is 0.119. The van der Waals surface area contributed by atoms with Crippen LogP contribution in [0.25, 0.3) is 0 Å². The number of carbonyl (C=O) groups excluding carboxylic acids is 1. The topological polar surface area (TPSA) is 57.8 Å². The summed E-state index contributed by atoms with van der Waals surface area (Å²) in [5.74, 6) is 0.286. The number of hydrogen-bond acceptors (Lipinski definition) is 2. The number of nitrogens with zero attached hydrogens (tertiary/aromatic N) is 1. The zero-order chi connectivity index (χ0) is 12.1. The van der Waals surface area contributed by atoms with Crippen LogP contribution in [0.3, 0.4) is 0 Å². The summed E-state index contributed by atoms with van der Waals surface area (Å²) in [5.41, 5.74) is 2.41. The highest BCUT2D eigenvalue weighted by molar-refractivity contribution is 6.17. The molecule has 2 rings (SSSR count). The number of nitrogens with one attached hydrogen (secondary N) is 2. The molecule has 0 fully saturated rings. The normalized spacial score (nSPS) is 10.2. The van der Waals surface area contributed by atoms with Gasteiger partial charge in [0, 0.05) is 17.6 Å². The summed E-state index contributed by atoms with van der Waals surface area (Å²) in [4.78, 5) is 18.6. The fourth-order valence-corrected chi connectivity index (χ4v) is 1.62. The summed E-state index contributed by atoms with van der Waals surface area (Å²) in [5, 5.41) is 2.80. The van der Waals surface area contributed by atoms with Crippen LogP contribution in [0.5, 0.6) is 0 Å². The number of alkyl halides is 1. The Bertz CT molecular complexity index is 496. The Morgan fingerprint density at radius 2 is 2.35 bits per heavy atom. The van der Waals surface area contributed by atoms with E-state index >= 15 is 0 Å². The van der Waals surface area contributed by atoms with Gasteiger partial charge in [0.25, 0.3) is 5.91 Å². The fraction of sp³-hybridized carbons (Fsp3) is 0.167. The number of carbonyl (C=O) groups is 1. The number of aromatic amines is 1. The Balaban J connectivity index is 1.99. The standard InChI is InChI=1S/C12H12ClN3O/c13-5-9-2-1-3-10(4-9)12(17)15-7-11-6-14-8-16-11/h1-4,6,8H,5,7H2,(H,14,16)(H,15,17). The van der Waals surface area contributed by atoms with Gasteiger partial charge in [-0.3, -0.25) is 4.79 Å². The van der Waals surface area contributed by atoms with Crippen LogP contribution in [0.15, 0.2) is 36.8 Å². The number of benzene rings is 1. The Hall–Kier alpha value is -1.81. The maximum absolute atomic E-state index is 11.8. The molecule has 0 spiro atoms. The fourth-order valence-electron chi connectivity index (χ4n) is 1.45. The molecule has 1 aromatic heterocycles. The summed E-state index contributed by atoms with van der Waals surface area (Å²) in [6.07, 6.45) is 3.26. The van der Waals surface area contributed by atoms with Gasteiger partial charge in [-0.15, -0.1) is 11.6 Å². The summed E-state index contributed by atoms with van der Waals surface area (Å²) in [6.45, 7) is 0.434. The third-order valence-corrected chi connectivity index (χ3v) is 2.65. The first-order chi connectivity index (χ1) is 8.29. The van der Waals surface area contributed by atoms with Crippen molar-refractivity contribution in [2.45, 2.75) is 12.4 Å². The zero-order valence-electron chi connectivity index (χ0n) is 9.11. The molecular weight excluding hydrogens is 238 g/mol. The van der Waals surface area contributed by atoms with Crippen molar-refractivity contribution >= 4 is 17.5 Å². The molecule has 1 aromatic carbocycles. The molecule has 2 aromatic rings. The highest BCUT2D eigenvalue weighted by atomic mass is 35.5. The largest absolute Gasteiger partial charge is 0.347 e. The molecule has 5 heteroatoms. The van der Waals surface area contributed by atoms with E-state index in [1.54, 1.807) is 24.7 Å². The molecular formula is C12H12ClN3O. The van der Waals surface area contributed by atoms with E-state index in [-0.39, 0.29) is 5.91 Å². The molecule has 0 aliphatic heterocycles. The lowest BCUT2D eigenvalue weighted by Crippen LogP contribution is -2.22. The van der Waals surface area contributed by atoms with E-state index in [1.165, 1.54) is 0 Å². The molecule has 0 unspecified atom stereocenters. The van der Waals surface area contributed by atoms with Gasteiger partial charge in [0.15, 0.2) is 0 Å². The summed E-state index contributed by atoms with van der Waals surface area (Å²) < 4.78 is 0. The average molecular weight is 250 g/mol. The first kappa shape index (κ1) is 11.7. The van der Waals surface area contributed by atoms with Crippen LogP contribution in [0, 0.1) is 0 Å². The van der Waals surface area contributed by atoms with Gasteiger partial charge >= 0.3 is 0 Å². The van der Waals surface area contributed by atoms with Crippen LogP contribution in [0.2, 0.25) is 0 Å². The van der Waals surface area contributed by atoms with Crippen LogP contribution in [0.1, 0.15) is 21.6 Å².